The molecule has 0 amide bonds. The number of nitrogens with one attached hydrogen (secondary N) is 1. The fourth-order valence-corrected chi connectivity index (χ4v) is 4.32. The maximum Gasteiger partial charge on any atom is 0.416 e. The van der Waals surface area contributed by atoms with Crippen LogP contribution in [0.1, 0.15) is 29.8 Å². The first-order chi connectivity index (χ1) is 16.7. The van der Waals surface area contributed by atoms with E-state index in [1.165, 1.54) is 6.07 Å². The first kappa shape index (κ1) is 24.9. The van der Waals surface area contributed by atoms with Crippen LogP contribution in [0.3, 0.4) is 0 Å². The van der Waals surface area contributed by atoms with Gasteiger partial charge in [-0.3, -0.25) is 0 Å². The van der Waals surface area contributed by atoms with Gasteiger partial charge in [-0.2, -0.15) is 18.3 Å². The Labute approximate surface area is 201 Å². The lowest BCUT2D eigenvalue weighted by atomic mass is 10.0. The summed E-state index contributed by atoms with van der Waals surface area (Å²) in [5.74, 6) is 0.842. The van der Waals surface area contributed by atoms with Crippen LogP contribution in [-0.4, -0.2) is 61.8 Å². The molecule has 4 rings (SSSR count). The van der Waals surface area contributed by atoms with Gasteiger partial charge < -0.3 is 24.4 Å². The van der Waals surface area contributed by atoms with Crippen LogP contribution in [0, 0.1) is 6.92 Å². The Morgan fingerprint density at radius 1 is 1.06 bits per heavy atom. The lowest BCUT2D eigenvalue weighted by Crippen LogP contribution is -2.27. The summed E-state index contributed by atoms with van der Waals surface area (Å²) >= 11 is 0. The fourth-order valence-electron chi connectivity index (χ4n) is 4.32. The number of nitrogens with zero attached hydrogens (tertiary/aromatic N) is 4. The van der Waals surface area contributed by atoms with Crippen LogP contribution in [0.2, 0.25) is 0 Å². The molecule has 188 valence electrons. The molecule has 0 aliphatic carbocycles. The van der Waals surface area contributed by atoms with Gasteiger partial charge in [-0.25, -0.2) is 4.98 Å². The first-order valence-electron chi connectivity index (χ1n) is 11.1. The van der Waals surface area contributed by atoms with Crippen molar-refractivity contribution < 1.29 is 27.4 Å². The van der Waals surface area contributed by atoms with Gasteiger partial charge in [-0.1, -0.05) is 12.1 Å². The molecule has 1 fully saturated rings. The van der Waals surface area contributed by atoms with E-state index in [1.807, 2.05) is 6.07 Å². The lowest BCUT2D eigenvalue weighted by molar-refractivity contribution is -0.137. The SMILES string of the molecule is COc1nc2c(C)nnc(N[C@H](C)c3cccc(C(F)(F)F)c3)c2cc1N1C[C@H](OC)[C@H](OC)C1. The van der Waals surface area contributed by atoms with Crippen LogP contribution in [0.5, 0.6) is 5.88 Å². The van der Waals surface area contributed by atoms with Gasteiger partial charge in [0.15, 0.2) is 5.82 Å². The zero-order valence-electron chi connectivity index (χ0n) is 20.2. The maximum absolute atomic E-state index is 13.2. The molecule has 8 nitrogen and oxygen atoms in total. The highest BCUT2D eigenvalue weighted by molar-refractivity contribution is 5.93. The van der Waals surface area contributed by atoms with Gasteiger partial charge in [-0.15, -0.1) is 5.10 Å². The van der Waals surface area contributed by atoms with Crippen molar-refractivity contribution in [2.24, 2.45) is 0 Å². The number of alkyl halides is 3. The summed E-state index contributed by atoms with van der Waals surface area (Å²) in [4.78, 5) is 6.76. The molecule has 0 unspecified atom stereocenters. The van der Waals surface area contributed by atoms with E-state index < -0.39 is 17.8 Å². The van der Waals surface area contributed by atoms with E-state index in [0.29, 0.717) is 46.9 Å². The molecule has 1 aromatic carbocycles. The van der Waals surface area contributed by atoms with E-state index in [1.54, 1.807) is 41.2 Å². The molecule has 3 atom stereocenters. The molecule has 11 heteroatoms. The van der Waals surface area contributed by atoms with Gasteiger partial charge in [0.2, 0.25) is 5.88 Å². The molecular formula is C24H28F3N5O3. The summed E-state index contributed by atoms with van der Waals surface area (Å²) in [5, 5.41) is 12.4. The predicted molar refractivity (Wildman–Crippen MR) is 126 cm³/mol. The third kappa shape index (κ3) is 4.96. The van der Waals surface area contributed by atoms with E-state index in [4.69, 9.17) is 14.2 Å². The van der Waals surface area contributed by atoms with Crippen molar-refractivity contribution in [3.8, 4) is 5.88 Å². The fraction of sp³-hybridized carbons (Fsp3) is 0.458. The van der Waals surface area contributed by atoms with Crippen molar-refractivity contribution in [3.05, 3.63) is 47.2 Å². The summed E-state index contributed by atoms with van der Waals surface area (Å²) in [5.41, 5.74) is 1.70. The highest BCUT2D eigenvalue weighted by Crippen LogP contribution is 2.37. The molecule has 1 saturated heterocycles. The number of aromatic nitrogens is 3. The molecule has 35 heavy (non-hydrogen) atoms. The highest BCUT2D eigenvalue weighted by atomic mass is 19.4. The summed E-state index contributed by atoms with van der Waals surface area (Å²) in [7, 11) is 4.84. The van der Waals surface area contributed by atoms with Crippen LogP contribution in [-0.2, 0) is 15.7 Å². The van der Waals surface area contributed by atoms with Gasteiger partial charge >= 0.3 is 6.18 Å². The van der Waals surface area contributed by atoms with E-state index in [-0.39, 0.29) is 12.2 Å². The van der Waals surface area contributed by atoms with Gasteiger partial charge in [0, 0.05) is 32.7 Å². The second kappa shape index (κ2) is 9.82. The number of halogens is 3. The van der Waals surface area contributed by atoms with Gasteiger partial charge in [0.05, 0.1) is 24.4 Å². The second-order valence-corrected chi connectivity index (χ2v) is 8.49. The average Bonchev–Trinajstić information content (AvgIpc) is 3.28. The molecule has 3 heterocycles. The average molecular weight is 492 g/mol. The van der Waals surface area contributed by atoms with Gasteiger partial charge in [0.25, 0.3) is 0 Å². The first-order valence-corrected chi connectivity index (χ1v) is 11.1. The van der Waals surface area contributed by atoms with Gasteiger partial charge in [0.1, 0.15) is 23.4 Å². The van der Waals surface area contributed by atoms with Crippen molar-refractivity contribution in [1.29, 1.82) is 0 Å². The Morgan fingerprint density at radius 3 is 2.34 bits per heavy atom. The molecule has 1 aliphatic heterocycles. The Morgan fingerprint density at radius 2 is 1.74 bits per heavy atom. The standard InChI is InChI=1S/C24H28F3N5O3/c1-13(15-7-6-8-16(9-15)24(25,26)27)28-22-17-10-18(32-11-19(33-3)20(12-32)34-4)23(35-5)29-21(17)14(2)30-31-22/h6-10,13,19-20H,11-12H2,1-5H3,(H,28,31)/t13-,19-,20+/m1/s1. The molecule has 0 spiro atoms. The molecular weight excluding hydrogens is 463 g/mol. The largest absolute Gasteiger partial charge is 0.480 e. The quantitative estimate of drug-likeness (QED) is 0.522. The Hall–Kier alpha value is -3.18. The maximum atomic E-state index is 13.2. The number of hydrogen-bond acceptors (Lipinski definition) is 8. The lowest BCUT2D eigenvalue weighted by Gasteiger charge is -2.22. The summed E-state index contributed by atoms with van der Waals surface area (Å²) in [6.07, 6.45) is -4.65. The minimum absolute atomic E-state index is 0.115. The van der Waals surface area contributed by atoms with Gasteiger partial charge in [-0.05, 0) is 37.6 Å². The zero-order chi connectivity index (χ0) is 25.3. The minimum Gasteiger partial charge on any atom is -0.480 e. The zero-order valence-corrected chi connectivity index (χ0v) is 20.2. The summed E-state index contributed by atoms with van der Waals surface area (Å²) in [6.45, 7) is 4.73. The molecule has 3 aromatic rings. The third-order valence-electron chi connectivity index (χ3n) is 6.29. The Kier molecular flexibility index (Phi) is 7.00. The topological polar surface area (TPSA) is 81.6 Å². The monoisotopic (exact) mass is 491 g/mol. The van der Waals surface area contributed by atoms with Crippen LogP contribution in [0.4, 0.5) is 24.7 Å². The van der Waals surface area contributed by atoms with Crippen molar-refractivity contribution >= 4 is 22.4 Å². The van der Waals surface area contributed by atoms with E-state index in [9.17, 15) is 13.2 Å². The van der Waals surface area contributed by atoms with E-state index in [0.717, 1.165) is 17.8 Å². The number of benzene rings is 1. The van der Waals surface area contributed by atoms with E-state index in [2.05, 4.69) is 25.4 Å². The second-order valence-electron chi connectivity index (χ2n) is 8.49. The van der Waals surface area contributed by atoms with Crippen molar-refractivity contribution in [2.45, 2.75) is 38.3 Å². The molecule has 0 saturated carbocycles. The molecule has 0 bridgehead atoms. The number of aryl methyl sites for hydroxylation is 1. The number of fused-ring (bicyclic) bond motifs is 1. The summed E-state index contributed by atoms with van der Waals surface area (Å²) in [6, 6.07) is 6.67. The van der Waals surface area contributed by atoms with E-state index >= 15 is 0 Å². The van der Waals surface area contributed by atoms with Crippen molar-refractivity contribution in [2.75, 3.05) is 44.6 Å². The number of pyridine rings is 1. The van der Waals surface area contributed by atoms with Crippen LogP contribution in [0.25, 0.3) is 10.9 Å². The number of rotatable bonds is 7. The number of methoxy groups -OCH3 is 3. The smallest absolute Gasteiger partial charge is 0.416 e. The number of ether oxygens (including phenoxy) is 3. The Balaban J connectivity index is 1.73. The predicted octanol–water partition coefficient (Wildman–Crippen LogP) is 4.38. The van der Waals surface area contributed by atoms with Crippen LogP contribution in [0.15, 0.2) is 30.3 Å². The molecule has 0 radical (unpaired) electrons. The van der Waals surface area contributed by atoms with Crippen molar-refractivity contribution in [3.63, 3.8) is 0 Å². The third-order valence-corrected chi connectivity index (χ3v) is 6.29. The number of anilines is 2. The Bertz CT molecular complexity index is 1190. The summed E-state index contributed by atoms with van der Waals surface area (Å²) < 4.78 is 56.3. The minimum atomic E-state index is -4.42. The van der Waals surface area contributed by atoms with Crippen molar-refractivity contribution in [1.82, 2.24) is 15.2 Å². The molecule has 2 aromatic heterocycles. The number of hydrogen-bond donors (Lipinski definition) is 1. The molecule has 1 aliphatic rings. The van der Waals surface area contributed by atoms with Crippen LogP contribution < -0.4 is 15.0 Å². The molecule has 1 N–H and O–H groups in total. The normalized spacial score (nSPS) is 19.3. The highest BCUT2D eigenvalue weighted by Gasteiger charge is 2.35. The van der Waals surface area contributed by atoms with Crippen LogP contribution >= 0.6 is 0 Å².